The van der Waals surface area contributed by atoms with Gasteiger partial charge in [-0.25, -0.2) is 8.42 Å². The van der Waals surface area contributed by atoms with Gasteiger partial charge in [0, 0.05) is 26.8 Å². The molecule has 1 heterocycles. The van der Waals surface area contributed by atoms with Crippen LogP contribution in [0.4, 0.5) is 0 Å². The zero-order valence-electron chi connectivity index (χ0n) is 9.39. The number of hydrogen-bond acceptors (Lipinski definition) is 5. The largest absolute Gasteiger partial charge is 0.385 e. The van der Waals surface area contributed by atoms with Crippen LogP contribution in [0.3, 0.4) is 0 Å². The normalized spacial score (nSPS) is 21.8. The highest BCUT2D eigenvalue weighted by atomic mass is 32.2. The molecule has 7 heteroatoms. The number of methoxy groups -OCH3 is 1. The van der Waals surface area contributed by atoms with Crippen LogP contribution in [0.1, 0.15) is 6.42 Å². The van der Waals surface area contributed by atoms with E-state index in [1.165, 1.54) is 4.90 Å². The molecule has 0 radical (unpaired) electrons. The maximum Gasteiger partial charge on any atom is 0.239 e. The van der Waals surface area contributed by atoms with Gasteiger partial charge in [0.2, 0.25) is 5.91 Å². The van der Waals surface area contributed by atoms with Gasteiger partial charge in [0.25, 0.3) is 0 Å². The van der Waals surface area contributed by atoms with Crippen molar-refractivity contribution in [2.75, 3.05) is 38.3 Å². The molecule has 1 unspecified atom stereocenters. The summed E-state index contributed by atoms with van der Waals surface area (Å²) in [6, 6.07) is -0.597. The molecule has 0 saturated carbocycles. The van der Waals surface area contributed by atoms with E-state index in [9.17, 15) is 13.2 Å². The summed E-state index contributed by atoms with van der Waals surface area (Å²) in [5.74, 6) is -0.113. The number of carbonyl (C=O) groups is 1. The lowest BCUT2D eigenvalue weighted by molar-refractivity contribution is -0.132. The van der Waals surface area contributed by atoms with Gasteiger partial charge in [-0.15, -0.1) is 0 Å². The van der Waals surface area contributed by atoms with Gasteiger partial charge in [-0.05, 0) is 6.42 Å². The van der Waals surface area contributed by atoms with Gasteiger partial charge in [-0.1, -0.05) is 0 Å². The topological polar surface area (TPSA) is 89.7 Å². The van der Waals surface area contributed by atoms with Crippen LogP contribution in [0.5, 0.6) is 0 Å². The highest BCUT2D eigenvalue weighted by Crippen LogP contribution is 2.06. The average molecular weight is 250 g/mol. The Morgan fingerprint density at radius 3 is 2.50 bits per heavy atom. The quantitative estimate of drug-likeness (QED) is 0.663. The van der Waals surface area contributed by atoms with Crippen LogP contribution in [0.15, 0.2) is 0 Å². The third kappa shape index (κ3) is 3.73. The van der Waals surface area contributed by atoms with Crippen molar-refractivity contribution >= 4 is 15.7 Å². The zero-order valence-corrected chi connectivity index (χ0v) is 10.2. The van der Waals surface area contributed by atoms with E-state index in [0.717, 1.165) is 0 Å². The lowest BCUT2D eigenvalue weighted by Crippen LogP contribution is -2.50. The minimum atomic E-state index is -2.95. The molecule has 1 aliphatic heterocycles. The van der Waals surface area contributed by atoms with Crippen molar-refractivity contribution in [3.8, 4) is 0 Å². The number of carbonyl (C=O) groups excluding carboxylic acids is 1. The van der Waals surface area contributed by atoms with E-state index in [2.05, 4.69) is 0 Å². The Kier molecular flexibility index (Phi) is 4.69. The van der Waals surface area contributed by atoms with Crippen molar-refractivity contribution in [2.24, 2.45) is 5.73 Å². The summed E-state index contributed by atoms with van der Waals surface area (Å²) in [6.45, 7) is 0.933. The molecule has 0 aromatic carbocycles. The predicted molar refractivity (Wildman–Crippen MR) is 59.7 cm³/mol. The molecule has 1 saturated heterocycles. The number of hydrogen-bond donors (Lipinski definition) is 1. The van der Waals surface area contributed by atoms with Crippen molar-refractivity contribution in [2.45, 2.75) is 12.5 Å². The highest BCUT2D eigenvalue weighted by Gasteiger charge is 2.27. The minimum absolute atomic E-state index is 0.0374. The second-order valence-electron chi connectivity index (χ2n) is 3.87. The van der Waals surface area contributed by atoms with Crippen molar-refractivity contribution in [3.63, 3.8) is 0 Å². The molecule has 0 aromatic rings. The molecule has 0 aromatic heterocycles. The van der Waals surface area contributed by atoms with Crippen molar-refractivity contribution in [3.05, 3.63) is 0 Å². The van der Waals surface area contributed by atoms with E-state index in [1.54, 1.807) is 7.11 Å². The molecule has 0 bridgehead atoms. The molecule has 16 heavy (non-hydrogen) atoms. The van der Waals surface area contributed by atoms with Gasteiger partial charge < -0.3 is 15.4 Å². The van der Waals surface area contributed by atoms with E-state index in [-0.39, 0.29) is 30.5 Å². The van der Waals surface area contributed by atoms with Crippen molar-refractivity contribution in [1.29, 1.82) is 0 Å². The van der Waals surface area contributed by atoms with Crippen LogP contribution in [-0.2, 0) is 19.4 Å². The monoisotopic (exact) mass is 250 g/mol. The van der Waals surface area contributed by atoms with Gasteiger partial charge in [0.05, 0.1) is 17.5 Å². The Bertz CT molecular complexity index is 327. The summed E-state index contributed by atoms with van der Waals surface area (Å²) in [5.41, 5.74) is 5.68. The summed E-state index contributed by atoms with van der Waals surface area (Å²) in [4.78, 5) is 13.3. The molecule has 1 amide bonds. The van der Waals surface area contributed by atoms with Gasteiger partial charge in [-0.3, -0.25) is 4.79 Å². The van der Waals surface area contributed by atoms with Crippen LogP contribution in [0.25, 0.3) is 0 Å². The van der Waals surface area contributed by atoms with E-state index in [0.29, 0.717) is 13.0 Å². The average Bonchev–Trinajstić information content (AvgIpc) is 2.25. The van der Waals surface area contributed by atoms with Gasteiger partial charge in [0.1, 0.15) is 0 Å². The summed E-state index contributed by atoms with van der Waals surface area (Å²) >= 11 is 0. The summed E-state index contributed by atoms with van der Waals surface area (Å²) in [7, 11) is -1.40. The fraction of sp³-hybridized carbons (Fsp3) is 0.889. The first-order chi connectivity index (χ1) is 7.46. The Morgan fingerprint density at radius 2 is 2.00 bits per heavy atom. The molecule has 1 atom stereocenters. The first-order valence-corrected chi connectivity index (χ1v) is 7.02. The Hall–Kier alpha value is -0.660. The first kappa shape index (κ1) is 13.4. The maximum absolute atomic E-state index is 11.8. The van der Waals surface area contributed by atoms with Crippen LogP contribution in [0, 0.1) is 0 Å². The fourth-order valence-electron chi connectivity index (χ4n) is 1.54. The smallest absolute Gasteiger partial charge is 0.239 e. The fourth-order valence-corrected chi connectivity index (χ4v) is 2.74. The molecule has 6 nitrogen and oxygen atoms in total. The lowest BCUT2D eigenvalue weighted by Gasteiger charge is -2.28. The number of nitrogens with zero attached hydrogens (tertiary/aromatic N) is 1. The Morgan fingerprint density at radius 1 is 1.44 bits per heavy atom. The van der Waals surface area contributed by atoms with Gasteiger partial charge >= 0.3 is 0 Å². The third-order valence-electron chi connectivity index (χ3n) is 2.61. The summed E-state index contributed by atoms with van der Waals surface area (Å²) in [5, 5.41) is 0. The van der Waals surface area contributed by atoms with E-state index in [1.807, 2.05) is 0 Å². The maximum atomic E-state index is 11.8. The first-order valence-electron chi connectivity index (χ1n) is 5.20. The number of amides is 1. The molecular weight excluding hydrogens is 232 g/mol. The molecule has 1 aliphatic rings. The van der Waals surface area contributed by atoms with Gasteiger partial charge in [0.15, 0.2) is 9.84 Å². The summed E-state index contributed by atoms with van der Waals surface area (Å²) in [6.07, 6.45) is 0.457. The zero-order chi connectivity index (χ0) is 12.2. The van der Waals surface area contributed by atoms with E-state index in [4.69, 9.17) is 10.5 Å². The van der Waals surface area contributed by atoms with Crippen LogP contribution in [0.2, 0.25) is 0 Å². The van der Waals surface area contributed by atoms with E-state index >= 15 is 0 Å². The predicted octanol–water partition coefficient (Wildman–Crippen LogP) is -1.39. The lowest BCUT2D eigenvalue weighted by atomic mass is 10.2. The number of nitrogens with two attached hydrogens (primary N) is 1. The molecule has 0 spiro atoms. The number of rotatable bonds is 4. The van der Waals surface area contributed by atoms with E-state index < -0.39 is 15.9 Å². The molecular formula is C9H18N2O4S. The molecule has 0 aliphatic carbocycles. The van der Waals surface area contributed by atoms with Gasteiger partial charge in [-0.2, -0.15) is 0 Å². The van der Waals surface area contributed by atoms with Crippen molar-refractivity contribution < 1.29 is 17.9 Å². The molecule has 94 valence electrons. The third-order valence-corrected chi connectivity index (χ3v) is 4.22. The minimum Gasteiger partial charge on any atom is -0.385 e. The van der Waals surface area contributed by atoms with Crippen LogP contribution in [-0.4, -0.2) is 63.6 Å². The SMILES string of the molecule is COCCC(N)C(=O)N1CCS(=O)(=O)CC1. The number of sulfone groups is 1. The number of ether oxygens (including phenoxy) is 1. The van der Waals surface area contributed by atoms with Crippen molar-refractivity contribution in [1.82, 2.24) is 4.90 Å². The molecule has 1 fully saturated rings. The standard InChI is InChI=1S/C9H18N2O4S/c1-15-5-2-8(10)9(12)11-3-6-16(13,14)7-4-11/h8H,2-7,10H2,1H3. The second-order valence-corrected chi connectivity index (χ2v) is 6.17. The molecule has 1 rings (SSSR count). The highest BCUT2D eigenvalue weighted by molar-refractivity contribution is 7.91. The van der Waals surface area contributed by atoms with Crippen LogP contribution >= 0.6 is 0 Å². The summed E-state index contributed by atoms with van der Waals surface area (Å²) < 4.78 is 27.2. The second kappa shape index (κ2) is 5.60. The molecule has 2 N–H and O–H groups in total. The Balaban J connectivity index is 2.44. The van der Waals surface area contributed by atoms with Crippen LogP contribution < -0.4 is 5.73 Å². The Labute approximate surface area is 95.7 Å².